The highest BCUT2D eigenvalue weighted by Crippen LogP contribution is 2.40. The lowest BCUT2D eigenvalue weighted by Gasteiger charge is -2.39. The van der Waals surface area contributed by atoms with Crippen LogP contribution in [0.25, 0.3) is 49.7 Å². The molecular formula is C49H38N2. The van der Waals surface area contributed by atoms with Crippen molar-refractivity contribution in [1.29, 1.82) is 0 Å². The summed E-state index contributed by atoms with van der Waals surface area (Å²) in [4.78, 5) is 2.53. The van der Waals surface area contributed by atoms with Crippen LogP contribution in [-0.4, -0.2) is 10.6 Å². The molecule has 3 atom stereocenters. The van der Waals surface area contributed by atoms with Crippen LogP contribution in [0.1, 0.15) is 24.8 Å². The highest BCUT2D eigenvalue weighted by molar-refractivity contribution is 6.08. The van der Waals surface area contributed by atoms with E-state index in [1.54, 1.807) is 0 Å². The fourth-order valence-corrected chi connectivity index (χ4v) is 7.96. The fraction of sp³-hybridized carbons (Fsp3) is 0.102. The number of para-hydroxylation sites is 1. The minimum atomic E-state index is 0.234. The highest BCUT2D eigenvalue weighted by atomic mass is 15.2. The van der Waals surface area contributed by atoms with Crippen molar-refractivity contribution in [2.24, 2.45) is 5.92 Å². The number of allylic oxidation sites excluding steroid dienone is 1. The van der Waals surface area contributed by atoms with E-state index in [1.165, 1.54) is 55.5 Å². The van der Waals surface area contributed by atoms with Gasteiger partial charge in [0.15, 0.2) is 0 Å². The van der Waals surface area contributed by atoms with Crippen LogP contribution in [0.4, 0.5) is 11.4 Å². The van der Waals surface area contributed by atoms with Gasteiger partial charge in [-0.05, 0) is 101 Å². The number of benzene rings is 6. The van der Waals surface area contributed by atoms with Gasteiger partial charge in [0.1, 0.15) is 5.52 Å². The molecule has 0 aliphatic heterocycles. The number of hydrogen-bond acceptors (Lipinski definition) is 1. The maximum atomic E-state index is 3.36. The first kappa shape index (κ1) is 30.7. The SMILES string of the molecule is CC1CC(c2ccccc2)C=CC1N(c1ccc(-c2ccccc2)cc1)c1ccc(-c2ccc(-n3c4c#cccc4c4ccccc43)cc2)cc1. The lowest BCUT2D eigenvalue weighted by Crippen LogP contribution is -2.37. The van der Waals surface area contributed by atoms with Crippen molar-refractivity contribution in [3.05, 3.63) is 200 Å². The van der Waals surface area contributed by atoms with Crippen molar-refractivity contribution >= 4 is 33.2 Å². The Morgan fingerprint density at radius 3 is 1.76 bits per heavy atom. The van der Waals surface area contributed by atoms with Gasteiger partial charge in [0.2, 0.25) is 0 Å². The summed E-state index contributed by atoms with van der Waals surface area (Å²) in [6.07, 6.45) is 5.97. The van der Waals surface area contributed by atoms with E-state index in [-0.39, 0.29) is 6.04 Å². The average Bonchev–Trinajstić information content (AvgIpc) is 3.54. The van der Waals surface area contributed by atoms with Crippen LogP contribution in [-0.2, 0) is 0 Å². The van der Waals surface area contributed by atoms with Gasteiger partial charge in [0.25, 0.3) is 0 Å². The van der Waals surface area contributed by atoms with Gasteiger partial charge in [0, 0.05) is 33.8 Å². The van der Waals surface area contributed by atoms with Crippen LogP contribution in [0, 0.1) is 18.1 Å². The Morgan fingerprint density at radius 1 is 0.549 bits per heavy atom. The Balaban J connectivity index is 1.04. The van der Waals surface area contributed by atoms with E-state index >= 15 is 0 Å². The molecule has 51 heavy (non-hydrogen) atoms. The Kier molecular flexibility index (Phi) is 7.95. The summed E-state index contributed by atoms with van der Waals surface area (Å²) < 4.78 is 2.29. The normalized spacial score (nSPS) is 17.0. The molecule has 1 heterocycles. The Morgan fingerprint density at radius 2 is 1.12 bits per heavy atom. The van der Waals surface area contributed by atoms with E-state index in [0.29, 0.717) is 11.8 Å². The van der Waals surface area contributed by atoms with Crippen molar-refractivity contribution in [3.8, 4) is 27.9 Å². The summed E-state index contributed by atoms with van der Waals surface area (Å²) in [5, 5.41) is 2.43. The molecule has 0 amide bonds. The molecule has 9 rings (SSSR count). The van der Waals surface area contributed by atoms with E-state index in [1.807, 2.05) is 6.07 Å². The maximum absolute atomic E-state index is 3.36. The van der Waals surface area contributed by atoms with Gasteiger partial charge in [-0.15, -0.1) is 0 Å². The maximum Gasteiger partial charge on any atom is 0.105 e. The first-order valence-corrected chi connectivity index (χ1v) is 17.9. The van der Waals surface area contributed by atoms with Crippen LogP contribution in [0.5, 0.6) is 0 Å². The predicted octanol–water partition coefficient (Wildman–Crippen LogP) is 12.6. The van der Waals surface area contributed by atoms with E-state index in [9.17, 15) is 0 Å². The van der Waals surface area contributed by atoms with Crippen LogP contribution >= 0.6 is 0 Å². The molecule has 0 N–H and O–H groups in total. The van der Waals surface area contributed by atoms with Crippen molar-refractivity contribution in [2.45, 2.75) is 25.3 Å². The summed E-state index contributed by atoms with van der Waals surface area (Å²) in [6, 6.07) is 68.0. The number of nitrogens with zero attached hydrogens (tertiary/aromatic N) is 2. The van der Waals surface area contributed by atoms with Crippen molar-refractivity contribution in [2.75, 3.05) is 4.90 Å². The highest BCUT2D eigenvalue weighted by Gasteiger charge is 2.30. The lowest BCUT2D eigenvalue weighted by atomic mass is 9.80. The molecule has 7 aromatic carbocycles. The Labute approximate surface area is 300 Å². The molecule has 0 radical (unpaired) electrons. The smallest absolute Gasteiger partial charge is 0.105 e. The molecule has 1 aliphatic rings. The zero-order valence-corrected chi connectivity index (χ0v) is 28.7. The molecule has 2 nitrogen and oxygen atoms in total. The summed E-state index contributed by atoms with van der Waals surface area (Å²) in [5.41, 5.74) is 12.0. The number of fused-ring (bicyclic) bond motifs is 3. The largest absolute Gasteiger partial charge is 0.334 e. The Hall–Kier alpha value is -6.30. The van der Waals surface area contributed by atoms with E-state index in [0.717, 1.165) is 17.6 Å². The molecule has 1 aliphatic carbocycles. The summed E-state index contributed by atoms with van der Waals surface area (Å²) in [7, 11) is 0. The average molecular weight is 655 g/mol. The Bertz CT molecular complexity index is 2390. The fourth-order valence-electron chi connectivity index (χ4n) is 7.96. The minimum absolute atomic E-state index is 0.234. The van der Waals surface area contributed by atoms with Crippen LogP contribution in [0.3, 0.4) is 0 Å². The minimum Gasteiger partial charge on any atom is -0.334 e. The van der Waals surface area contributed by atoms with Crippen LogP contribution in [0.15, 0.2) is 182 Å². The van der Waals surface area contributed by atoms with Crippen LogP contribution < -0.4 is 4.90 Å². The van der Waals surface area contributed by atoms with Gasteiger partial charge in [-0.2, -0.15) is 0 Å². The number of aromatic nitrogens is 1. The molecule has 3 unspecified atom stereocenters. The molecule has 0 saturated heterocycles. The second-order valence-corrected chi connectivity index (χ2v) is 13.7. The second-order valence-electron chi connectivity index (χ2n) is 13.7. The molecule has 1 aromatic heterocycles. The summed E-state index contributed by atoms with van der Waals surface area (Å²) >= 11 is 0. The molecular weight excluding hydrogens is 617 g/mol. The van der Waals surface area contributed by atoms with E-state index < -0.39 is 0 Å². The van der Waals surface area contributed by atoms with Crippen molar-refractivity contribution in [1.82, 2.24) is 4.57 Å². The van der Waals surface area contributed by atoms with E-state index in [4.69, 9.17) is 0 Å². The van der Waals surface area contributed by atoms with Gasteiger partial charge in [-0.1, -0.05) is 140 Å². The molecule has 2 heteroatoms. The first-order valence-electron chi connectivity index (χ1n) is 17.9. The van der Waals surface area contributed by atoms with Crippen LogP contribution in [0.2, 0.25) is 0 Å². The summed E-state index contributed by atoms with van der Waals surface area (Å²) in [6.45, 7) is 2.40. The second kappa shape index (κ2) is 13.2. The lowest BCUT2D eigenvalue weighted by molar-refractivity contribution is 0.433. The number of anilines is 2. The number of rotatable bonds is 7. The molecule has 244 valence electrons. The third-order valence-corrected chi connectivity index (χ3v) is 10.6. The molecule has 0 saturated carbocycles. The standard InChI is InChI=1S/C49H38N2/c1-35-34-41(37-14-6-3-7-15-37)26-33-47(35)50(42-27-20-38(21-28-42)36-12-4-2-5-13-36)43-29-22-39(23-30-43)40-24-31-44(32-25-40)51-48-18-10-8-16-45(48)46-17-9-11-19-49(46)51/h2-10,12-18,20-33,35,41,47H,34H2,1H3. The van der Waals surface area contributed by atoms with Crippen molar-refractivity contribution < 1.29 is 0 Å². The van der Waals surface area contributed by atoms with Gasteiger partial charge in [0.05, 0.1) is 11.6 Å². The zero-order chi connectivity index (χ0) is 34.1. The first-order chi connectivity index (χ1) is 25.2. The molecule has 0 spiro atoms. The van der Waals surface area contributed by atoms with Gasteiger partial charge in [-0.3, -0.25) is 0 Å². The third kappa shape index (κ3) is 5.78. The topological polar surface area (TPSA) is 8.17 Å². The zero-order valence-electron chi connectivity index (χ0n) is 28.7. The monoisotopic (exact) mass is 654 g/mol. The van der Waals surface area contributed by atoms with E-state index in [2.05, 4.69) is 204 Å². The van der Waals surface area contributed by atoms with Gasteiger partial charge < -0.3 is 9.47 Å². The molecule has 0 fully saturated rings. The summed E-state index contributed by atoms with van der Waals surface area (Å²) in [5.74, 6) is 0.889. The van der Waals surface area contributed by atoms with Crippen molar-refractivity contribution in [3.63, 3.8) is 0 Å². The quantitative estimate of drug-likeness (QED) is 0.155. The van der Waals surface area contributed by atoms with Gasteiger partial charge >= 0.3 is 0 Å². The predicted molar refractivity (Wildman–Crippen MR) is 214 cm³/mol. The number of hydrogen-bond donors (Lipinski definition) is 0. The molecule has 8 aromatic rings. The van der Waals surface area contributed by atoms with Gasteiger partial charge in [-0.25, -0.2) is 0 Å². The molecule has 0 bridgehead atoms. The third-order valence-electron chi connectivity index (χ3n) is 10.6.